The van der Waals surface area contributed by atoms with E-state index in [1.807, 2.05) is 30.3 Å². The largest absolute Gasteiger partial charge is 0.497 e. The molecule has 0 spiro atoms. The van der Waals surface area contributed by atoms with E-state index in [4.69, 9.17) is 14.2 Å². The first-order valence-corrected chi connectivity index (χ1v) is 11.9. The molecule has 3 aromatic carbocycles. The van der Waals surface area contributed by atoms with Crippen LogP contribution in [0.5, 0.6) is 17.2 Å². The van der Waals surface area contributed by atoms with E-state index in [1.54, 1.807) is 32.4 Å². The Labute approximate surface area is 200 Å². The zero-order valence-corrected chi connectivity index (χ0v) is 20.4. The minimum Gasteiger partial charge on any atom is -0.497 e. The zero-order chi connectivity index (χ0) is 24.7. The third-order valence-electron chi connectivity index (χ3n) is 5.29. The second-order valence-corrected chi connectivity index (χ2v) is 9.49. The Bertz CT molecular complexity index is 1250. The molecule has 1 N–H and O–H groups in total. The van der Waals surface area contributed by atoms with Crippen LogP contribution in [0.3, 0.4) is 0 Å². The Hall–Kier alpha value is -3.56. The predicted octanol–water partition coefficient (Wildman–Crippen LogP) is 3.46. The first-order chi connectivity index (χ1) is 16.3. The number of benzene rings is 3. The highest BCUT2D eigenvalue weighted by Gasteiger charge is 2.26. The van der Waals surface area contributed by atoms with Gasteiger partial charge < -0.3 is 19.5 Å². The fourth-order valence-electron chi connectivity index (χ4n) is 3.41. The molecular weight excluding hydrogens is 456 g/mol. The standard InChI is InChI=1S/C25H28N2O6S/c1-27(17-18-8-6-5-7-9-18)34(29,30)24-15-19(10-12-23(24)33-4)25(28)26-16-20-14-21(31-2)11-13-22(20)32-3/h5-15H,16-17H2,1-4H3,(H,26,28). The molecule has 9 heteroatoms. The molecule has 0 radical (unpaired) electrons. The molecule has 3 aromatic rings. The van der Waals surface area contributed by atoms with Crippen LogP contribution in [0, 0.1) is 0 Å². The van der Waals surface area contributed by atoms with E-state index in [-0.39, 0.29) is 29.3 Å². The van der Waals surface area contributed by atoms with E-state index in [1.165, 1.54) is 36.7 Å². The summed E-state index contributed by atoms with van der Waals surface area (Å²) in [4.78, 5) is 12.8. The van der Waals surface area contributed by atoms with Gasteiger partial charge in [0.1, 0.15) is 22.1 Å². The molecule has 8 nitrogen and oxygen atoms in total. The van der Waals surface area contributed by atoms with Crippen molar-refractivity contribution in [3.05, 3.63) is 83.4 Å². The monoisotopic (exact) mass is 484 g/mol. The lowest BCUT2D eigenvalue weighted by Gasteiger charge is -2.19. The number of rotatable bonds is 10. The van der Waals surface area contributed by atoms with Crippen LogP contribution in [-0.4, -0.2) is 47.0 Å². The van der Waals surface area contributed by atoms with Crippen molar-refractivity contribution in [2.45, 2.75) is 18.0 Å². The molecule has 0 aromatic heterocycles. The fraction of sp³-hybridized carbons (Fsp3) is 0.240. The van der Waals surface area contributed by atoms with Crippen molar-refractivity contribution in [1.29, 1.82) is 0 Å². The summed E-state index contributed by atoms with van der Waals surface area (Å²) < 4.78 is 43.7. The summed E-state index contributed by atoms with van der Waals surface area (Å²) in [5.74, 6) is 0.951. The number of carbonyl (C=O) groups is 1. The predicted molar refractivity (Wildman–Crippen MR) is 129 cm³/mol. The molecular formula is C25H28N2O6S. The molecule has 0 heterocycles. The SMILES string of the molecule is COc1ccc(OC)c(CNC(=O)c2ccc(OC)c(S(=O)(=O)N(C)Cc3ccccc3)c2)c1. The minimum absolute atomic E-state index is 0.0833. The average molecular weight is 485 g/mol. The van der Waals surface area contributed by atoms with E-state index in [2.05, 4.69) is 5.32 Å². The van der Waals surface area contributed by atoms with Crippen LogP contribution in [0.2, 0.25) is 0 Å². The van der Waals surface area contributed by atoms with Gasteiger partial charge in [-0.3, -0.25) is 4.79 Å². The van der Waals surface area contributed by atoms with Crippen LogP contribution in [-0.2, 0) is 23.1 Å². The first kappa shape index (κ1) is 25.1. The quantitative estimate of drug-likeness (QED) is 0.474. The number of sulfonamides is 1. The molecule has 0 bridgehead atoms. The highest BCUT2D eigenvalue weighted by molar-refractivity contribution is 7.89. The Balaban J connectivity index is 1.84. The Kier molecular flexibility index (Phi) is 8.14. The smallest absolute Gasteiger partial charge is 0.251 e. The highest BCUT2D eigenvalue weighted by Crippen LogP contribution is 2.29. The summed E-state index contributed by atoms with van der Waals surface area (Å²) in [5, 5.41) is 2.80. The van der Waals surface area contributed by atoms with E-state index in [9.17, 15) is 13.2 Å². The van der Waals surface area contributed by atoms with Gasteiger partial charge in [0.25, 0.3) is 5.91 Å². The molecule has 0 fully saturated rings. The van der Waals surface area contributed by atoms with Crippen LogP contribution in [0.1, 0.15) is 21.5 Å². The highest BCUT2D eigenvalue weighted by atomic mass is 32.2. The molecule has 180 valence electrons. The van der Waals surface area contributed by atoms with Crippen molar-refractivity contribution in [3.8, 4) is 17.2 Å². The Morgan fingerprint density at radius 2 is 1.56 bits per heavy atom. The molecule has 0 saturated carbocycles. The molecule has 0 atom stereocenters. The molecule has 0 aliphatic heterocycles. The molecule has 0 aliphatic rings. The van der Waals surface area contributed by atoms with Crippen LogP contribution in [0.25, 0.3) is 0 Å². The normalized spacial score (nSPS) is 11.2. The average Bonchev–Trinajstić information content (AvgIpc) is 2.87. The zero-order valence-electron chi connectivity index (χ0n) is 19.6. The number of methoxy groups -OCH3 is 3. The van der Waals surface area contributed by atoms with Crippen molar-refractivity contribution in [3.63, 3.8) is 0 Å². The van der Waals surface area contributed by atoms with Gasteiger partial charge in [0.15, 0.2) is 0 Å². The number of nitrogens with one attached hydrogen (secondary N) is 1. The lowest BCUT2D eigenvalue weighted by Crippen LogP contribution is -2.28. The lowest BCUT2D eigenvalue weighted by atomic mass is 10.1. The van der Waals surface area contributed by atoms with Gasteiger partial charge in [0.2, 0.25) is 10.0 Å². The maximum Gasteiger partial charge on any atom is 0.251 e. The van der Waals surface area contributed by atoms with Crippen LogP contribution >= 0.6 is 0 Å². The summed E-state index contributed by atoms with van der Waals surface area (Å²) in [7, 11) is 2.04. The number of ether oxygens (including phenoxy) is 3. The van der Waals surface area contributed by atoms with Gasteiger partial charge in [-0.25, -0.2) is 8.42 Å². The molecule has 1 amide bonds. The lowest BCUT2D eigenvalue weighted by molar-refractivity contribution is 0.0950. The third-order valence-corrected chi connectivity index (χ3v) is 7.11. The van der Waals surface area contributed by atoms with Crippen molar-refractivity contribution >= 4 is 15.9 Å². The number of hydrogen-bond donors (Lipinski definition) is 1. The first-order valence-electron chi connectivity index (χ1n) is 10.5. The topological polar surface area (TPSA) is 94.2 Å². The van der Waals surface area contributed by atoms with Crippen LogP contribution < -0.4 is 19.5 Å². The molecule has 0 saturated heterocycles. The van der Waals surface area contributed by atoms with Gasteiger partial charge in [-0.15, -0.1) is 0 Å². The molecule has 34 heavy (non-hydrogen) atoms. The maximum atomic E-state index is 13.3. The number of amides is 1. The summed E-state index contributed by atoms with van der Waals surface area (Å²) in [5.41, 5.74) is 1.75. The summed E-state index contributed by atoms with van der Waals surface area (Å²) >= 11 is 0. The fourth-order valence-corrected chi connectivity index (χ4v) is 4.75. The van der Waals surface area contributed by atoms with Crippen LogP contribution in [0.4, 0.5) is 0 Å². The van der Waals surface area contributed by atoms with Crippen molar-refractivity contribution in [1.82, 2.24) is 9.62 Å². The van der Waals surface area contributed by atoms with Gasteiger partial charge in [-0.05, 0) is 42.0 Å². The van der Waals surface area contributed by atoms with Gasteiger partial charge in [0, 0.05) is 31.3 Å². The van der Waals surface area contributed by atoms with E-state index < -0.39 is 15.9 Å². The second kappa shape index (κ2) is 11.0. The Morgan fingerprint density at radius 1 is 0.882 bits per heavy atom. The minimum atomic E-state index is -3.93. The number of nitrogens with zero attached hydrogens (tertiary/aromatic N) is 1. The van der Waals surface area contributed by atoms with E-state index in [0.717, 1.165) is 11.1 Å². The van der Waals surface area contributed by atoms with Gasteiger partial charge >= 0.3 is 0 Å². The van der Waals surface area contributed by atoms with Gasteiger partial charge in [-0.2, -0.15) is 4.31 Å². The van der Waals surface area contributed by atoms with Gasteiger partial charge in [-0.1, -0.05) is 30.3 Å². The second-order valence-electron chi connectivity index (χ2n) is 7.47. The van der Waals surface area contributed by atoms with Gasteiger partial charge in [0.05, 0.1) is 21.3 Å². The molecule has 0 aliphatic carbocycles. The molecule has 0 unspecified atom stereocenters. The van der Waals surface area contributed by atoms with E-state index in [0.29, 0.717) is 11.5 Å². The van der Waals surface area contributed by atoms with Crippen molar-refractivity contribution in [2.24, 2.45) is 0 Å². The Morgan fingerprint density at radius 3 is 2.21 bits per heavy atom. The molecule has 3 rings (SSSR count). The number of hydrogen-bond acceptors (Lipinski definition) is 6. The summed E-state index contributed by atoms with van der Waals surface area (Å²) in [6, 6.07) is 18.9. The summed E-state index contributed by atoms with van der Waals surface area (Å²) in [6.45, 7) is 0.347. The van der Waals surface area contributed by atoms with Crippen LogP contribution in [0.15, 0.2) is 71.6 Å². The third kappa shape index (κ3) is 5.67. The maximum absolute atomic E-state index is 13.3. The summed E-state index contributed by atoms with van der Waals surface area (Å²) in [6.07, 6.45) is 0. The van der Waals surface area contributed by atoms with Crippen molar-refractivity contribution in [2.75, 3.05) is 28.4 Å². The number of carbonyl (C=O) groups excluding carboxylic acids is 1. The van der Waals surface area contributed by atoms with Crippen molar-refractivity contribution < 1.29 is 27.4 Å². The van der Waals surface area contributed by atoms with E-state index >= 15 is 0 Å².